The average Bonchev–Trinajstić information content (AvgIpc) is 2.36. The summed E-state index contributed by atoms with van der Waals surface area (Å²) in [4.78, 5) is 4.49. The van der Waals surface area contributed by atoms with Gasteiger partial charge in [-0.25, -0.2) is 0 Å². The molecule has 1 atom stereocenters. The topological polar surface area (TPSA) is 26.7 Å². The molecule has 102 valence electrons. The van der Waals surface area contributed by atoms with Crippen LogP contribution in [-0.4, -0.2) is 55.7 Å². The normalized spacial score (nSPS) is 13.2. The van der Waals surface area contributed by atoms with Crippen molar-refractivity contribution in [1.29, 1.82) is 0 Å². The maximum absolute atomic E-state index is 10.0. The van der Waals surface area contributed by atoms with Crippen molar-refractivity contribution in [3.05, 3.63) is 35.9 Å². The molecule has 18 heavy (non-hydrogen) atoms. The van der Waals surface area contributed by atoms with E-state index in [4.69, 9.17) is 0 Å². The van der Waals surface area contributed by atoms with Crippen LogP contribution in [0.3, 0.4) is 0 Å². The van der Waals surface area contributed by atoms with E-state index in [0.717, 1.165) is 31.6 Å². The first kappa shape index (κ1) is 15.2. The van der Waals surface area contributed by atoms with Gasteiger partial charge < -0.3 is 14.9 Å². The van der Waals surface area contributed by atoms with Crippen molar-refractivity contribution in [2.24, 2.45) is 0 Å². The fourth-order valence-electron chi connectivity index (χ4n) is 1.95. The second-order valence-electron chi connectivity index (χ2n) is 5.18. The third-order valence-corrected chi connectivity index (χ3v) is 3.11. The van der Waals surface area contributed by atoms with Gasteiger partial charge in [0.1, 0.15) is 0 Å². The van der Waals surface area contributed by atoms with Crippen LogP contribution in [0.4, 0.5) is 0 Å². The van der Waals surface area contributed by atoms with Gasteiger partial charge in [0.25, 0.3) is 0 Å². The molecule has 0 aliphatic rings. The molecular weight excluding hydrogens is 224 g/mol. The average molecular weight is 250 g/mol. The molecule has 0 bridgehead atoms. The number of aliphatic hydroxyl groups excluding tert-OH is 1. The minimum Gasteiger partial charge on any atom is -0.388 e. The number of hydrogen-bond donors (Lipinski definition) is 1. The molecule has 0 aliphatic carbocycles. The number of rotatable bonds is 8. The van der Waals surface area contributed by atoms with E-state index in [1.54, 1.807) is 0 Å². The van der Waals surface area contributed by atoms with E-state index in [9.17, 15) is 5.11 Å². The van der Waals surface area contributed by atoms with Gasteiger partial charge in [-0.2, -0.15) is 0 Å². The summed E-state index contributed by atoms with van der Waals surface area (Å²) in [5.74, 6) is 0. The van der Waals surface area contributed by atoms with Crippen molar-refractivity contribution in [2.45, 2.75) is 18.9 Å². The fraction of sp³-hybridized carbons (Fsp3) is 0.600. The Labute approximate surface area is 111 Å². The molecule has 1 unspecified atom stereocenters. The van der Waals surface area contributed by atoms with Gasteiger partial charge in [0.05, 0.1) is 6.10 Å². The lowest BCUT2D eigenvalue weighted by molar-refractivity contribution is 0.148. The van der Waals surface area contributed by atoms with E-state index in [2.05, 4.69) is 30.9 Å². The molecule has 0 amide bonds. The molecule has 3 heteroatoms. The van der Waals surface area contributed by atoms with Crippen LogP contribution in [0.15, 0.2) is 30.3 Å². The van der Waals surface area contributed by atoms with Gasteiger partial charge in [0.2, 0.25) is 0 Å². The van der Waals surface area contributed by atoms with Crippen LogP contribution < -0.4 is 0 Å². The SMILES string of the molecule is CN(C)CCCN(C)CCC(O)c1ccccc1. The minimum absolute atomic E-state index is 0.345. The van der Waals surface area contributed by atoms with Gasteiger partial charge in [-0.3, -0.25) is 0 Å². The molecule has 0 fully saturated rings. The monoisotopic (exact) mass is 250 g/mol. The zero-order valence-electron chi connectivity index (χ0n) is 11.8. The van der Waals surface area contributed by atoms with Gasteiger partial charge in [-0.1, -0.05) is 30.3 Å². The molecule has 1 aromatic rings. The summed E-state index contributed by atoms with van der Waals surface area (Å²) in [5, 5.41) is 10.0. The van der Waals surface area contributed by atoms with Crippen LogP contribution >= 0.6 is 0 Å². The van der Waals surface area contributed by atoms with Crippen molar-refractivity contribution in [3.8, 4) is 0 Å². The molecule has 0 spiro atoms. The second kappa shape index (κ2) is 8.25. The molecule has 0 radical (unpaired) electrons. The summed E-state index contributed by atoms with van der Waals surface area (Å²) in [6.45, 7) is 3.13. The summed E-state index contributed by atoms with van der Waals surface area (Å²) in [7, 11) is 6.31. The van der Waals surface area contributed by atoms with Gasteiger partial charge in [-0.05, 0) is 52.6 Å². The highest BCUT2D eigenvalue weighted by Gasteiger charge is 2.08. The highest BCUT2D eigenvalue weighted by Crippen LogP contribution is 2.15. The second-order valence-corrected chi connectivity index (χ2v) is 5.18. The first-order chi connectivity index (χ1) is 8.59. The Balaban J connectivity index is 2.20. The zero-order chi connectivity index (χ0) is 13.4. The minimum atomic E-state index is -0.345. The maximum Gasteiger partial charge on any atom is 0.0802 e. The molecule has 0 aromatic heterocycles. The maximum atomic E-state index is 10.0. The van der Waals surface area contributed by atoms with Crippen LogP contribution in [0.25, 0.3) is 0 Å². The first-order valence-electron chi connectivity index (χ1n) is 6.66. The Kier molecular flexibility index (Phi) is 6.94. The summed E-state index contributed by atoms with van der Waals surface area (Å²) >= 11 is 0. The number of nitrogens with zero attached hydrogens (tertiary/aromatic N) is 2. The highest BCUT2D eigenvalue weighted by atomic mass is 16.3. The number of hydrogen-bond acceptors (Lipinski definition) is 3. The Morgan fingerprint density at radius 1 is 1.00 bits per heavy atom. The van der Waals surface area contributed by atoms with Crippen molar-refractivity contribution in [3.63, 3.8) is 0 Å². The first-order valence-corrected chi connectivity index (χ1v) is 6.66. The van der Waals surface area contributed by atoms with Crippen LogP contribution in [0.2, 0.25) is 0 Å². The van der Waals surface area contributed by atoms with Gasteiger partial charge in [0.15, 0.2) is 0 Å². The summed E-state index contributed by atoms with van der Waals surface area (Å²) in [5.41, 5.74) is 1.01. The quantitative estimate of drug-likeness (QED) is 0.764. The van der Waals surface area contributed by atoms with Crippen molar-refractivity contribution >= 4 is 0 Å². The van der Waals surface area contributed by atoms with Gasteiger partial charge >= 0.3 is 0 Å². The molecule has 0 heterocycles. The van der Waals surface area contributed by atoms with E-state index in [-0.39, 0.29) is 6.10 Å². The van der Waals surface area contributed by atoms with Gasteiger partial charge in [-0.15, -0.1) is 0 Å². The molecule has 1 N–H and O–H groups in total. The van der Waals surface area contributed by atoms with Crippen molar-refractivity contribution in [1.82, 2.24) is 9.80 Å². The van der Waals surface area contributed by atoms with Gasteiger partial charge in [0, 0.05) is 6.54 Å². The summed E-state index contributed by atoms with van der Waals surface area (Å²) in [6.07, 6.45) is 1.62. The predicted octanol–water partition coefficient (Wildman–Crippen LogP) is 1.99. The fourth-order valence-corrected chi connectivity index (χ4v) is 1.95. The molecule has 0 saturated carbocycles. The third-order valence-electron chi connectivity index (χ3n) is 3.11. The Hall–Kier alpha value is -0.900. The molecule has 0 saturated heterocycles. The summed E-state index contributed by atoms with van der Waals surface area (Å²) in [6, 6.07) is 9.88. The molecular formula is C15H26N2O. The predicted molar refractivity (Wildman–Crippen MR) is 76.7 cm³/mol. The standard InChI is InChI=1S/C15H26N2O/c1-16(2)11-7-12-17(3)13-10-15(18)14-8-5-4-6-9-14/h4-6,8-9,15,18H,7,10-13H2,1-3H3. The molecule has 1 aromatic carbocycles. The summed E-state index contributed by atoms with van der Waals surface area (Å²) < 4.78 is 0. The van der Waals surface area contributed by atoms with Crippen molar-refractivity contribution < 1.29 is 5.11 Å². The zero-order valence-corrected chi connectivity index (χ0v) is 11.8. The van der Waals surface area contributed by atoms with E-state index in [0.29, 0.717) is 0 Å². The molecule has 0 aliphatic heterocycles. The Bertz CT molecular complexity index is 314. The lowest BCUT2D eigenvalue weighted by Crippen LogP contribution is -2.25. The smallest absolute Gasteiger partial charge is 0.0802 e. The lowest BCUT2D eigenvalue weighted by atomic mass is 10.1. The van der Waals surface area contributed by atoms with E-state index in [1.807, 2.05) is 30.3 Å². The third kappa shape index (κ3) is 6.15. The van der Waals surface area contributed by atoms with Crippen molar-refractivity contribution in [2.75, 3.05) is 40.8 Å². The van der Waals surface area contributed by atoms with Crippen LogP contribution in [0.5, 0.6) is 0 Å². The molecule has 1 rings (SSSR count). The Morgan fingerprint density at radius 2 is 1.67 bits per heavy atom. The van der Waals surface area contributed by atoms with Crippen LogP contribution in [0.1, 0.15) is 24.5 Å². The lowest BCUT2D eigenvalue weighted by Gasteiger charge is -2.20. The number of benzene rings is 1. The largest absolute Gasteiger partial charge is 0.388 e. The molecule has 3 nitrogen and oxygen atoms in total. The Morgan fingerprint density at radius 3 is 2.28 bits per heavy atom. The van der Waals surface area contributed by atoms with E-state index in [1.165, 1.54) is 6.42 Å². The number of aliphatic hydroxyl groups is 1. The van der Waals surface area contributed by atoms with Crippen LogP contribution in [0, 0.1) is 0 Å². The highest BCUT2D eigenvalue weighted by molar-refractivity contribution is 5.17. The van der Waals surface area contributed by atoms with Crippen LogP contribution in [-0.2, 0) is 0 Å². The van der Waals surface area contributed by atoms with E-state index < -0.39 is 0 Å². The van der Waals surface area contributed by atoms with E-state index >= 15 is 0 Å².